The number of hydrogen-bond donors (Lipinski definition) is 1. The summed E-state index contributed by atoms with van der Waals surface area (Å²) in [5.74, 6) is -1.23. The number of methoxy groups -OCH3 is 1. The van der Waals surface area contributed by atoms with Crippen LogP contribution in [0.2, 0.25) is 10.0 Å². The molecule has 3 aromatic rings. The highest BCUT2D eigenvalue weighted by Gasteiger charge is 2.34. The molecule has 0 aliphatic rings. The first-order chi connectivity index (χ1) is 20.9. The maximum Gasteiger partial charge on any atom is 0.271 e. The normalized spacial score (nSPS) is 11.8. The van der Waals surface area contributed by atoms with Gasteiger partial charge in [0, 0.05) is 47.3 Å². The minimum absolute atomic E-state index is 0.00679. The van der Waals surface area contributed by atoms with Gasteiger partial charge in [-0.3, -0.25) is 24.0 Å². The topological polar surface area (TPSA) is 139 Å². The zero-order valence-electron chi connectivity index (χ0n) is 24.5. The number of nitrogens with one attached hydrogen (secondary N) is 1. The lowest BCUT2D eigenvalue weighted by molar-refractivity contribution is -0.384. The highest BCUT2D eigenvalue weighted by molar-refractivity contribution is 7.92. The number of rotatable bonds is 15. The van der Waals surface area contributed by atoms with Gasteiger partial charge < -0.3 is 15.0 Å². The lowest BCUT2D eigenvalue weighted by atomic mass is 10.0. The second-order valence-corrected chi connectivity index (χ2v) is 12.7. The number of hydrogen-bond acceptors (Lipinski definition) is 7. The highest BCUT2D eigenvalue weighted by Crippen LogP contribution is 2.34. The summed E-state index contributed by atoms with van der Waals surface area (Å²) in [4.78, 5) is 40.0. The third-order valence-electron chi connectivity index (χ3n) is 6.81. The van der Waals surface area contributed by atoms with Gasteiger partial charge in [-0.1, -0.05) is 72.9 Å². The third-order valence-corrected chi connectivity index (χ3v) is 8.65. The number of carbonyl (C=O) groups excluding carboxylic acids is 2. The molecule has 236 valence electrons. The van der Waals surface area contributed by atoms with Crippen molar-refractivity contribution in [1.29, 1.82) is 0 Å². The number of nitrogens with zero attached hydrogens (tertiary/aromatic N) is 3. The summed E-state index contributed by atoms with van der Waals surface area (Å²) in [6.45, 7) is 1.33. The second-order valence-electron chi connectivity index (χ2n) is 9.95. The molecule has 11 nitrogen and oxygen atoms in total. The molecular weight excluding hydrogens is 631 g/mol. The Morgan fingerprint density at radius 2 is 1.70 bits per heavy atom. The number of unbranched alkanes of at least 4 members (excludes halogenated alkanes) is 1. The fraction of sp³-hybridized carbons (Fsp3) is 0.333. The van der Waals surface area contributed by atoms with Crippen LogP contribution in [0, 0.1) is 10.1 Å². The molecule has 0 radical (unpaired) electrons. The van der Waals surface area contributed by atoms with Gasteiger partial charge in [0.15, 0.2) is 0 Å². The van der Waals surface area contributed by atoms with Gasteiger partial charge in [-0.25, -0.2) is 8.42 Å². The quantitative estimate of drug-likeness (QED) is 0.133. The summed E-state index contributed by atoms with van der Waals surface area (Å²) in [6.07, 6.45) is 2.51. The molecule has 1 N–H and O–H groups in total. The van der Waals surface area contributed by atoms with Gasteiger partial charge >= 0.3 is 0 Å². The molecule has 0 heterocycles. The van der Waals surface area contributed by atoms with E-state index in [-0.39, 0.29) is 34.4 Å². The summed E-state index contributed by atoms with van der Waals surface area (Å²) in [6, 6.07) is 16.2. The lowest BCUT2D eigenvalue weighted by Gasteiger charge is -2.34. The van der Waals surface area contributed by atoms with Crippen LogP contribution in [0.5, 0.6) is 5.75 Å². The Bertz CT molecular complexity index is 1570. The van der Waals surface area contributed by atoms with Crippen LogP contribution >= 0.6 is 23.2 Å². The van der Waals surface area contributed by atoms with Gasteiger partial charge in [-0.05, 0) is 30.2 Å². The number of nitro groups is 1. The molecule has 0 saturated carbocycles. The number of amides is 2. The Hall–Kier alpha value is -3.87. The molecule has 14 heteroatoms. The molecule has 0 aliphatic heterocycles. The fourth-order valence-electron chi connectivity index (χ4n) is 4.50. The average molecular weight is 666 g/mol. The van der Waals surface area contributed by atoms with Crippen molar-refractivity contribution in [2.24, 2.45) is 0 Å². The SMILES string of the molecule is CCCCNC(=O)[C@@H](Cc1ccccc1)N(Cc1c(Cl)cccc1Cl)C(=O)CN(c1cc([N+](=O)[O-])ccc1OC)S(C)(=O)=O. The van der Waals surface area contributed by atoms with Gasteiger partial charge in [-0.15, -0.1) is 0 Å². The maximum absolute atomic E-state index is 14.3. The predicted octanol–water partition coefficient (Wildman–Crippen LogP) is 5.23. The largest absolute Gasteiger partial charge is 0.495 e. The van der Waals surface area contributed by atoms with E-state index in [2.05, 4.69) is 5.32 Å². The molecule has 3 rings (SSSR count). The van der Waals surface area contributed by atoms with Crippen LogP contribution < -0.4 is 14.4 Å². The van der Waals surface area contributed by atoms with Crippen LogP contribution in [0.4, 0.5) is 11.4 Å². The zero-order chi connectivity index (χ0) is 32.4. The molecule has 0 saturated heterocycles. The summed E-state index contributed by atoms with van der Waals surface area (Å²) in [5, 5.41) is 14.9. The summed E-state index contributed by atoms with van der Waals surface area (Å²) in [7, 11) is -2.93. The maximum atomic E-state index is 14.3. The summed E-state index contributed by atoms with van der Waals surface area (Å²) in [5.41, 5.74) is 0.508. The molecule has 0 fully saturated rings. The monoisotopic (exact) mass is 664 g/mol. The van der Waals surface area contributed by atoms with Crippen molar-refractivity contribution in [3.05, 3.63) is 98.0 Å². The van der Waals surface area contributed by atoms with Crippen LogP contribution in [-0.4, -0.2) is 62.6 Å². The van der Waals surface area contributed by atoms with Gasteiger partial charge in [0.1, 0.15) is 24.0 Å². The number of anilines is 1. The molecule has 1 atom stereocenters. The first-order valence-electron chi connectivity index (χ1n) is 13.7. The fourth-order valence-corrected chi connectivity index (χ4v) is 5.86. The van der Waals surface area contributed by atoms with Crippen LogP contribution in [-0.2, 0) is 32.6 Å². The van der Waals surface area contributed by atoms with Crippen molar-refractivity contribution >= 4 is 56.4 Å². The predicted molar refractivity (Wildman–Crippen MR) is 171 cm³/mol. The Morgan fingerprint density at radius 3 is 2.27 bits per heavy atom. The lowest BCUT2D eigenvalue weighted by Crippen LogP contribution is -2.53. The van der Waals surface area contributed by atoms with E-state index in [0.717, 1.165) is 34.7 Å². The van der Waals surface area contributed by atoms with E-state index in [0.29, 0.717) is 18.5 Å². The number of ether oxygens (including phenoxy) is 1. The Balaban J connectivity index is 2.15. The molecule has 0 unspecified atom stereocenters. The molecule has 0 spiro atoms. The molecule has 0 aromatic heterocycles. The number of nitro benzene ring substituents is 1. The molecule has 3 aromatic carbocycles. The number of halogens is 2. The van der Waals surface area contributed by atoms with Crippen LogP contribution in [0.1, 0.15) is 30.9 Å². The Labute approximate surface area is 266 Å². The molecule has 44 heavy (non-hydrogen) atoms. The van der Waals surface area contributed by atoms with Crippen molar-refractivity contribution in [2.45, 2.75) is 38.8 Å². The van der Waals surface area contributed by atoms with Crippen LogP contribution in [0.25, 0.3) is 0 Å². The highest BCUT2D eigenvalue weighted by atomic mass is 35.5. The first kappa shape index (κ1) is 34.6. The van der Waals surface area contributed by atoms with Gasteiger partial charge in [-0.2, -0.15) is 0 Å². The second kappa shape index (κ2) is 15.7. The molecule has 0 bridgehead atoms. The van der Waals surface area contributed by atoms with Crippen molar-refractivity contribution in [3.8, 4) is 5.75 Å². The van der Waals surface area contributed by atoms with Gasteiger partial charge in [0.25, 0.3) is 5.69 Å². The van der Waals surface area contributed by atoms with Crippen LogP contribution in [0.15, 0.2) is 66.7 Å². The van der Waals surface area contributed by atoms with E-state index >= 15 is 0 Å². The Kier molecular flexibility index (Phi) is 12.4. The number of carbonyl (C=O) groups is 2. The molecular formula is C30H34Cl2N4O7S. The van der Waals surface area contributed by atoms with Crippen molar-refractivity contribution in [2.75, 3.05) is 30.8 Å². The van der Waals surface area contributed by atoms with E-state index in [4.69, 9.17) is 27.9 Å². The molecule has 0 aliphatic carbocycles. The first-order valence-corrected chi connectivity index (χ1v) is 16.3. The standard InChI is InChI=1S/C30H34Cl2N4O7S/c1-4-5-16-33-30(38)27(17-21-10-7-6-8-11-21)34(19-23-24(31)12-9-13-25(23)32)29(37)20-35(44(3,41)42)26-18-22(36(39)40)14-15-28(26)43-2/h6-15,18,27H,4-5,16-17,19-20H2,1-3H3,(H,33,38)/t27-/m1/s1. The number of benzene rings is 3. The van der Waals surface area contributed by atoms with Crippen molar-refractivity contribution < 1.29 is 27.7 Å². The van der Waals surface area contributed by atoms with E-state index in [9.17, 15) is 28.1 Å². The molecule has 2 amide bonds. The average Bonchev–Trinajstić information content (AvgIpc) is 2.98. The minimum Gasteiger partial charge on any atom is -0.495 e. The van der Waals surface area contributed by atoms with Gasteiger partial charge in [0.2, 0.25) is 21.8 Å². The van der Waals surface area contributed by atoms with Crippen molar-refractivity contribution in [3.63, 3.8) is 0 Å². The van der Waals surface area contributed by atoms with E-state index in [1.54, 1.807) is 30.3 Å². The summed E-state index contributed by atoms with van der Waals surface area (Å²) < 4.78 is 32.2. The van der Waals surface area contributed by atoms with E-state index in [1.807, 2.05) is 25.1 Å². The third kappa shape index (κ3) is 9.07. The number of sulfonamides is 1. The van der Waals surface area contributed by atoms with Crippen molar-refractivity contribution in [1.82, 2.24) is 10.2 Å². The zero-order valence-corrected chi connectivity index (χ0v) is 26.9. The van der Waals surface area contributed by atoms with Crippen LogP contribution in [0.3, 0.4) is 0 Å². The minimum atomic E-state index is -4.20. The number of non-ortho nitro benzene ring substituents is 1. The Morgan fingerprint density at radius 1 is 1.05 bits per heavy atom. The van der Waals surface area contributed by atoms with E-state index < -0.39 is 45.0 Å². The van der Waals surface area contributed by atoms with E-state index in [1.165, 1.54) is 18.1 Å². The summed E-state index contributed by atoms with van der Waals surface area (Å²) >= 11 is 13.0. The smallest absolute Gasteiger partial charge is 0.271 e. The van der Waals surface area contributed by atoms with Gasteiger partial charge in [0.05, 0.1) is 18.3 Å².